The summed E-state index contributed by atoms with van der Waals surface area (Å²) in [5.41, 5.74) is 0.703. The zero-order valence-electron chi connectivity index (χ0n) is 11.1. The van der Waals surface area contributed by atoms with E-state index in [0.717, 1.165) is 11.3 Å². The maximum atomic E-state index is 12.4. The quantitative estimate of drug-likeness (QED) is 0.689. The predicted octanol–water partition coefficient (Wildman–Crippen LogP) is 1.76. The molecule has 9 nitrogen and oxygen atoms in total. The Labute approximate surface area is 137 Å². The van der Waals surface area contributed by atoms with Gasteiger partial charge in [-0.3, -0.25) is 9.52 Å². The Morgan fingerprint density at radius 3 is 2.91 bits per heavy atom. The van der Waals surface area contributed by atoms with Gasteiger partial charge >= 0.3 is 5.97 Å². The molecule has 0 spiro atoms. The number of hydrogen-bond donors (Lipinski definition) is 2. The van der Waals surface area contributed by atoms with E-state index in [0.29, 0.717) is 5.52 Å². The molecule has 0 fully saturated rings. The fourth-order valence-corrected chi connectivity index (χ4v) is 4.31. The predicted molar refractivity (Wildman–Crippen MR) is 81.1 cm³/mol. The molecule has 3 rings (SSSR count). The number of thiazole rings is 1. The molecule has 1 aromatic carbocycles. The summed E-state index contributed by atoms with van der Waals surface area (Å²) in [5, 5.41) is 17.2. The van der Waals surface area contributed by atoms with E-state index < -0.39 is 16.0 Å². The molecule has 0 amide bonds. The van der Waals surface area contributed by atoms with Crippen LogP contribution in [0.4, 0.5) is 5.13 Å². The van der Waals surface area contributed by atoms with Crippen molar-refractivity contribution in [3.05, 3.63) is 28.2 Å². The van der Waals surface area contributed by atoms with Crippen LogP contribution >= 0.6 is 22.9 Å². The van der Waals surface area contributed by atoms with Crippen molar-refractivity contribution in [2.45, 2.75) is 11.3 Å². The lowest BCUT2D eigenvalue weighted by atomic mass is 10.3. The summed E-state index contributed by atoms with van der Waals surface area (Å²) in [6.07, 6.45) is -0.296. The Hall–Kier alpha value is -2.24. The van der Waals surface area contributed by atoms with Crippen LogP contribution in [-0.2, 0) is 21.2 Å². The fraction of sp³-hybridized carbons (Fsp3) is 0.0909. The highest BCUT2D eigenvalue weighted by atomic mass is 35.5. The lowest BCUT2D eigenvalue weighted by molar-refractivity contribution is -0.136. The summed E-state index contributed by atoms with van der Waals surface area (Å²) in [7, 11) is -4.02. The van der Waals surface area contributed by atoms with Crippen molar-refractivity contribution in [1.29, 1.82) is 0 Å². The summed E-state index contributed by atoms with van der Waals surface area (Å²) < 4.78 is 31.5. The van der Waals surface area contributed by atoms with Crippen LogP contribution in [0.2, 0.25) is 5.02 Å². The third-order valence-corrected chi connectivity index (χ3v) is 5.54. The first-order chi connectivity index (χ1) is 10.9. The van der Waals surface area contributed by atoms with Gasteiger partial charge in [0.1, 0.15) is 10.4 Å². The minimum atomic E-state index is -4.02. The third-order valence-electron chi connectivity index (χ3n) is 2.73. The lowest BCUT2D eigenvalue weighted by Crippen LogP contribution is -2.13. The second kappa shape index (κ2) is 5.76. The molecule has 2 aromatic heterocycles. The smallest absolute Gasteiger partial charge is 0.309 e. The van der Waals surface area contributed by atoms with Gasteiger partial charge in [0.25, 0.3) is 10.0 Å². The van der Waals surface area contributed by atoms with Gasteiger partial charge in [-0.05, 0) is 22.4 Å². The van der Waals surface area contributed by atoms with Crippen molar-refractivity contribution in [2.24, 2.45) is 0 Å². The summed E-state index contributed by atoms with van der Waals surface area (Å²) in [4.78, 5) is 14.3. The Kier molecular flexibility index (Phi) is 3.92. The number of carbonyl (C=O) groups is 1. The molecule has 3 aromatic rings. The number of carboxylic acids is 1. The average molecular weight is 375 g/mol. The highest BCUT2D eigenvalue weighted by molar-refractivity contribution is 7.93. The molecule has 0 atom stereocenters. The second-order valence-corrected chi connectivity index (χ2v) is 7.22. The maximum absolute atomic E-state index is 12.4. The van der Waals surface area contributed by atoms with Gasteiger partial charge in [0.2, 0.25) is 0 Å². The topological polar surface area (TPSA) is 135 Å². The Bertz CT molecular complexity index is 997. The zero-order valence-corrected chi connectivity index (χ0v) is 13.4. The first-order valence-corrected chi connectivity index (χ1v) is 8.70. The number of halogens is 1. The van der Waals surface area contributed by atoms with Crippen molar-refractivity contribution >= 4 is 55.1 Å². The van der Waals surface area contributed by atoms with E-state index in [2.05, 4.69) is 24.6 Å². The number of aromatic nitrogens is 3. The van der Waals surface area contributed by atoms with Gasteiger partial charge in [0.15, 0.2) is 10.6 Å². The number of carboxylic acid groups (broad SMARTS) is 1. The SMILES string of the molecule is O=C(O)Cc1csc(NS(=O)(=O)c2ccc3nonc3c2Cl)n1. The molecule has 0 radical (unpaired) electrons. The molecular formula is C11H7ClN4O5S2. The molecule has 0 aliphatic rings. The number of rotatable bonds is 5. The summed E-state index contributed by atoms with van der Waals surface area (Å²) in [5.74, 6) is -1.06. The standard InChI is InChI=1S/C11H7ClN4O5S2/c12-9-7(2-1-6-10(9)15-21-14-6)23(19,20)16-11-13-5(4-22-11)3-8(17)18/h1-2,4H,3H2,(H,13,16)(H,17,18). The normalized spacial score (nSPS) is 11.7. The monoisotopic (exact) mass is 374 g/mol. The highest BCUT2D eigenvalue weighted by Gasteiger charge is 2.23. The number of benzene rings is 1. The number of aliphatic carboxylic acids is 1. The third kappa shape index (κ3) is 3.11. The summed E-state index contributed by atoms with van der Waals surface area (Å²) in [6.45, 7) is 0. The van der Waals surface area contributed by atoms with Gasteiger partial charge in [-0.25, -0.2) is 18.0 Å². The number of nitrogens with zero attached hydrogens (tertiary/aromatic N) is 3. The van der Waals surface area contributed by atoms with Crippen LogP contribution in [0, 0.1) is 0 Å². The molecule has 2 heterocycles. The molecule has 0 saturated heterocycles. The molecule has 0 saturated carbocycles. The molecule has 0 aliphatic heterocycles. The minimum Gasteiger partial charge on any atom is -0.481 e. The van der Waals surface area contributed by atoms with Gasteiger partial charge in [0.05, 0.1) is 17.1 Å². The van der Waals surface area contributed by atoms with Crippen LogP contribution in [-0.4, -0.2) is 34.8 Å². The van der Waals surface area contributed by atoms with Gasteiger partial charge in [-0.2, -0.15) is 0 Å². The number of fused-ring (bicyclic) bond motifs is 1. The molecule has 0 unspecified atom stereocenters. The molecular weight excluding hydrogens is 368 g/mol. The first kappa shape index (κ1) is 15.6. The van der Waals surface area contributed by atoms with E-state index in [4.69, 9.17) is 16.7 Å². The van der Waals surface area contributed by atoms with Crippen LogP contribution in [0.25, 0.3) is 11.0 Å². The van der Waals surface area contributed by atoms with Crippen molar-refractivity contribution in [2.75, 3.05) is 4.72 Å². The van der Waals surface area contributed by atoms with Crippen LogP contribution in [0.5, 0.6) is 0 Å². The van der Waals surface area contributed by atoms with Gasteiger partial charge in [0, 0.05) is 5.38 Å². The van der Waals surface area contributed by atoms with Crippen molar-refractivity contribution < 1.29 is 22.9 Å². The minimum absolute atomic E-state index is 0.0377. The van der Waals surface area contributed by atoms with Crippen molar-refractivity contribution in [1.82, 2.24) is 15.3 Å². The number of sulfonamides is 1. The molecule has 0 aliphatic carbocycles. The zero-order chi connectivity index (χ0) is 16.6. The largest absolute Gasteiger partial charge is 0.481 e. The Morgan fingerprint density at radius 1 is 1.39 bits per heavy atom. The summed E-state index contributed by atoms with van der Waals surface area (Å²) >= 11 is 7.00. The molecule has 12 heteroatoms. The van der Waals surface area contributed by atoms with E-state index in [9.17, 15) is 13.2 Å². The van der Waals surface area contributed by atoms with Crippen LogP contribution < -0.4 is 4.72 Å². The van der Waals surface area contributed by atoms with Gasteiger partial charge in [-0.15, -0.1) is 11.3 Å². The maximum Gasteiger partial charge on any atom is 0.309 e. The van der Waals surface area contributed by atoms with E-state index in [1.54, 1.807) is 0 Å². The molecule has 120 valence electrons. The van der Waals surface area contributed by atoms with E-state index >= 15 is 0 Å². The van der Waals surface area contributed by atoms with E-state index in [1.807, 2.05) is 0 Å². The number of anilines is 1. The van der Waals surface area contributed by atoms with Gasteiger partial charge in [-0.1, -0.05) is 11.6 Å². The lowest BCUT2D eigenvalue weighted by Gasteiger charge is -2.06. The second-order valence-electron chi connectivity index (χ2n) is 4.33. The molecule has 2 N–H and O–H groups in total. The average Bonchev–Trinajstić information content (AvgIpc) is 3.07. The highest BCUT2D eigenvalue weighted by Crippen LogP contribution is 2.30. The summed E-state index contributed by atoms with van der Waals surface area (Å²) in [6, 6.07) is 2.67. The van der Waals surface area contributed by atoms with Crippen molar-refractivity contribution in [3.63, 3.8) is 0 Å². The number of nitrogens with one attached hydrogen (secondary N) is 1. The van der Waals surface area contributed by atoms with Crippen LogP contribution in [0.15, 0.2) is 27.0 Å². The first-order valence-electron chi connectivity index (χ1n) is 5.96. The fourth-order valence-electron chi connectivity index (χ4n) is 1.77. The Balaban J connectivity index is 1.92. The molecule has 0 bridgehead atoms. The Morgan fingerprint density at radius 2 is 2.17 bits per heavy atom. The number of hydrogen-bond acceptors (Lipinski definition) is 8. The van der Waals surface area contributed by atoms with Crippen molar-refractivity contribution in [3.8, 4) is 0 Å². The van der Waals surface area contributed by atoms with E-state index in [-0.39, 0.29) is 32.7 Å². The van der Waals surface area contributed by atoms with Gasteiger partial charge < -0.3 is 5.11 Å². The van der Waals surface area contributed by atoms with E-state index in [1.165, 1.54) is 17.5 Å². The molecule has 23 heavy (non-hydrogen) atoms. The van der Waals surface area contributed by atoms with Crippen LogP contribution in [0.1, 0.15) is 5.69 Å². The van der Waals surface area contributed by atoms with Crippen LogP contribution in [0.3, 0.4) is 0 Å².